The van der Waals surface area contributed by atoms with Crippen molar-refractivity contribution >= 4 is 5.91 Å². The Hall–Kier alpha value is -3.25. The van der Waals surface area contributed by atoms with E-state index in [-0.39, 0.29) is 0 Å². The highest BCUT2D eigenvalue weighted by Gasteiger charge is 2.39. The van der Waals surface area contributed by atoms with Crippen molar-refractivity contribution < 1.29 is 9.53 Å². The Labute approximate surface area is 171 Å². The predicted octanol–water partition coefficient (Wildman–Crippen LogP) is 2.63. The zero-order valence-electron chi connectivity index (χ0n) is 16.5. The number of pyridine rings is 2. The maximum atomic E-state index is 12.8. The monoisotopic (exact) mass is 390 g/mol. The summed E-state index contributed by atoms with van der Waals surface area (Å²) in [6.07, 6.45) is 8.96. The van der Waals surface area contributed by atoms with Gasteiger partial charge in [-0.3, -0.25) is 20.1 Å². The van der Waals surface area contributed by atoms with Crippen LogP contribution in [0.1, 0.15) is 23.1 Å². The third kappa shape index (κ3) is 4.97. The van der Waals surface area contributed by atoms with Crippen LogP contribution < -0.4 is 15.8 Å². The minimum absolute atomic E-state index is 0.425. The Morgan fingerprint density at radius 3 is 2.14 bits per heavy atom. The fraction of sp³-hybridized carbons (Fsp3) is 0.261. The topological polar surface area (TPSA) is 90.1 Å². The van der Waals surface area contributed by atoms with Gasteiger partial charge in [0.25, 0.3) is 0 Å². The Kier molecular flexibility index (Phi) is 6.92. The summed E-state index contributed by atoms with van der Waals surface area (Å²) in [5.41, 5.74) is 7.92. The quantitative estimate of drug-likeness (QED) is 0.555. The number of primary amides is 1. The number of hydrogen-bond acceptors (Lipinski definition) is 5. The van der Waals surface area contributed by atoms with E-state index in [1.54, 1.807) is 31.9 Å². The molecule has 29 heavy (non-hydrogen) atoms. The number of rotatable bonds is 10. The van der Waals surface area contributed by atoms with Gasteiger partial charge in [-0.2, -0.15) is 0 Å². The Morgan fingerprint density at radius 1 is 0.966 bits per heavy atom. The highest BCUT2D eigenvalue weighted by molar-refractivity contribution is 5.87. The van der Waals surface area contributed by atoms with Crippen molar-refractivity contribution in [1.82, 2.24) is 15.3 Å². The number of nitrogens with two attached hydrogens (primary N) is 1. The Morgan fingerprint density at radius 2 is 1.55 bits per heavy atom. The van der Waals surface area contributed by atoms with Crippen LogP contribution in [0.2, 0.25) is 0 Å². The first kappa shape index (κ1) is 20.5. The molecule has 2 aromatic heterocycles. The number of hydrogen-bond donors (Lipinski definition) is 2. The first-order valence-electron chi connectivity index (χ1n) is 9.62. The van der Waals surface area contributed by atoms with E-state index in [1.165, 1.54) is 0 Å². The van der Waals surface area contributed by atoms with E-state index >= 15 is 0 Å². The zero-order chi connectivity index (χ0) is 20.5. The summed E-state index contributed by atoms with van der Waals surface area (Å²) >= 11 is 0. The largest absolute Gasteiger partial charge is 0.496 e. The van der Waals surface area contributed by atoms with E-state index < -0.39 is 11.4 Å². The summed E-state index contributed by atoms with van der Waals surface area (Å²) < 4.78 is 5.55. The first-order chi connectivity index (χ1) is 14.2. The molecule has 3 aromatic rings. The molecule has 0 fully saturated rings. The van der Waals surface area contributed by atoms with Crippen molar-refractivity contribution in [1.29, 1.82) is 0 Å². The van der Waals surface area contributed by atoms with Crippen molar-refractivity contribution in [3.63, 3.8) is 0 Å². The number of ether oxygens (including phenoxy) is 1. The molecular weight excluding hydrogens is 364 g/mol. The lowest BCUT2D eigenvalue weighted by atomic mass is 9.82. The molecule has 0 aliphatic heterocycles. The molecule has 0 aliphatic carbocycles. The standard InChI is InChI=1S/C23H26N4O2/c1-29-21-5-3-2-4-20(21)23(22(24)28,12-6-18-7-13-25-14-8-18)27-17-11-19-9-15-26-16-10-19/h2-5,7-10,13-16,27H,6,11-12,17H2,1H3,(H2,24,28). The summed E-state index contributed by atoms with van der Waals surface area (Å²) in [5, 5.41) is 3.45. The first-order valence-corrected chi connectivity index (χ1v) is 9.62. The van der Waals surface area contributed by atoms with Crippen LogP contribution in [0.25, 0.3) is 0 Å². The number of nitrogens with zero attached hydrogens (tertiary/aromatic N) is 2. The van der Waals surface area contributed by atoms with E-state index in [9.17, 15) is 4.79 Å². The number of carbonyl (C=O) groups is 1. The van der Waals surface area contributed by atoms with Crippen LogP contribution in [0, 0.1) is 0 Å². The number of benzene rings is 1. The van der Waals surface area contributed by atoms with Gasteiger partial charge in [-0.05, 0) is 60.7 Å². The summed E-state index contributed by atoms with van der Waals surface area (Å²) in [7, 11) is 1.60. The van der Waals surface area contributed by atoms with Crippen LogP contribution in [0.5, 0.6) is 5.75 Å². The lowest BCUT2D eigenvalue weighted by molar-refractivity contribution is -0.125. The summed E-state index contributed by atoms with van der Waals surface area (Å²) in [6, 6.07) is 15.4. The fourth-order valence-corrected chi connectivity index (χ4v) is 3.51. The van der Waals surface area contributed by atoms with Crippen LogP contribution >= 0.6 is 0 Å². The van der Waals surface area contributed by atoms with Gasteiger partial charge in [-0.25, -0.2) is 0 Å². The molecular formula is C23H26N4O2. The van der Waals surface area contributed by atoms with Crippen LogP contribution in [0.15, 0.2) is 73.3 Å². The molecule has 1 unspecified atom stereocenters. The molecule has 3 rings (SSSR count). The summed E-state index contributed by atoms with van der Waals surface area (Å²) in [6.45, 7) is 0.585. The normalized spacial score (nSPS) is 12.9. The number of methoxy groups -OCH3 is 1. The van der Waals surface area contributed by atoms with Gasteiger partial charge in [0, 0.05) is 36.9 Å². The fourth-order valence-electron chi connectivity index (χ4n) is 3.51. The molecule has 0 spiro atoms. The molecule has 3 N–H and O–H groups in total. The van der Waals surface area contributed by atoms with Crippen LogP contribution in [0.4, 0.5) is 0 Å². The van der Waals surface area contributed by atoms with Gasteiger partial charge in [0.2, 0.25) is 5.91 Å². The van der Waals surface area contributed by atoms with E-state index in [1.807, 2.05) is 48.5 Å². The minimum Gasteiger partial charge on any atom is -0.496 e. The third-order valence-electron chi connectivity index (χ3n) is 5.12. The second kappa shape index (κ2) is 9.80. The van der Waals surface area contributed by atoms with Crippen molar-refractivity contribution in [2.45, 2.75) is 24.8 Å². The average Bonchev–Trinajstić information content (AvgIpc) is 2.77. The van der Waals surface area contributed by atoms with Gasteiger partial charge in [-0.15, -0.1) is 0 Å². The lowest BCUT2D eigenvalue weighted by Crippen LogP contribution is -2.53. The van der Waals surface area contributed by atoms with Crippen LogP contribution in [-0.4, -0.2) is 29.5 Å². The molecule has 1 aromatic carbocycles. The molecule has 1 amide bonds. The number of para-hydroxylation sites is 1. The number of carbonyl (C=O) groups excluding carboxylic acids is 1. The van der Waals surface area contributed by atoms with Crippen molar-refractivity contribution in [2.24, 2.45) is 5.73 Å². The van der Waals surface area contributed by atoms with E-state index in [4.69, 9.17) is 10.5 Å². The smallest absolute Gasteiger partial charge is 0.242 e. The van der Waals surface area contributed by atoms with Gasteiger partial charge in [0.05, 0.1) is 7.11 Å². The van der Waals surface area contributed by atoms with Gasteiger partial charge >= 0.3 is 0 Å². The van der Waals surface area contributed by atoms with Crippen molar-refractivity contribution in [3.05, 3.63) is 90.0 Å². The third-order valence-corrected chi connectivity index (χ3v) is 5.12. The van der Waals surface area contributed by atoms with E-state index in [0.29, 0.717) is 25.1 Å². The molecule has 6 heteroatoms. The number of aromatic nitrogens is 2. The molecule has 6 nitrogen and oxygen atoms in total. The predicted molar refractivity (Wildman–Crippen MR) is 112 cm³/mol. The number of aryl methyl sites for hydroxylation is 1. The van der Waals surface area contributed by atoms with Crippen LogP contribution in [-0.2, 0) is 23.2 Å². The Balaban J connectivity index is 1.89. The van der Waals surface area contributed by atoms with E-state index in [0.717, 1.165) is 23.1 Å². The highest BCUT2D eigenvalue weighted by atomic mass is 16.5. The molecule has 0 saturated heterocycles. The average molecular weight is 390 g/mol. The number of nitrogens with one attached hydrogen (secondary N) is 1. The molecule has 150 valence electrons. The summed E-state index contributed by atoms with van der Waals surface area (Å²) in [4.78, 5) is 20.9. The zero-order valence-corrected chi connectivity index (χ0v) is 16.5. The van der Waals surface area contributed by atoms with Gasteiger partial charge in [0.15, 0.2) is 0 Å². The lowest BCUT2D eigenvalue weighted by Gasteiger charge is -2.34. The van der Waals surface area contributed by atoms with Crippen molar-refractivity contribution in [2.75, 3.05) is 13.7 Å². The van der Waals surface area contributed by atoms with Crippen LogP contribution in [0.3, 0.4) is 0 Å². The second-order valence-electron chi connectivity index (χ2n) is 6.86. The maximum Gasteiger partial charge on any atom is 0.242 e. The van der Waals surface area contributed by atoms with Gasteiger partial charge < -0.3 is 10.5 Å². The second-order valence-corrected chi connectivity index (χ2v) is 6.86. The molecule has 1 atom stereocenters. The summed E-state index contributed by atoms with van der Waals surface area (Å²) in [5.74, 6) is 0.211. The van der Waals surface area contributed by atoms with Gasteiger partial charge in [-0.1, -0.05) is 18.2 Å². The van der Waals surface area contributed by atoms with Crippen molar-refractivity contribution in [3.8, 4) is 5.75 Å². The Bertz CT molecular complexity index is 918. The molecule has 0 bridgehead atoms. The number of amides is 1. The maximum absolute atomic E-state index is 12.8. The molecule has 2 heterocycles. The van der Waals surface area contributed by atoms with Gasteiger partial charge in [0.1, 0.15) is 11.3 Å². The molecule has 0 radical (unpaired) electrons. The van der Waals surface area contributed by atoms with E-state index in [2.05, 4.69) is 15.3 Å². The highest BCUT2D eigenvalue weighted by Crippen LogP contribution is 2.34. The molecule has 0 aliphatic rings. The molecule has 0 saturated carbocycles. The SMILES string of the molecule is COc1ccccc1C(CCc1ccncc1)(NCCc1ccncc1)C(N)=O. The minimum atomic E-state index is -1.05.